The zero-order valence-corrected chi connectivity index (χ0v) is 11.5. The maximum Gasteiger partial charge on any atom is 0.0658 e. The maximum atomic E-state index is 4.80. The molecule has 1 atom stereocenters. The summed E-state index contributed by atoms with van der Waals surface area (Å²) in [5, 5.41) is 8.31. The van der Waals surface area contributed by atoms with Crippen LogP contribution in [-0.2, 0) is 7.05 Å². The van der Waals surface area contributed by atoms with Crippen LogP contribution < -0.4 is 5.32 Å². The fourth-order valence-electron chi connectivity index (χ4n) is 3.59. The number of rotatable bonds is 2. The number of piperidine rings is 1. The standard InChI is InChI=1S/C15H25N3/c1-18-15(13-8-5-9-16-11-13)10-14(17-18)12-6-3-2-4-7-12/h10,12-13,16H,2-9,11H2,1H3. The Bertz CT molecular complexity index is 384. The van der Waals surface area contributed by atoms with Crippen molar-refractivity contribution >= 4 is 0 Å². The Morgan fingerprint density at radius 3 is 2.61 bits per heavy atom. The van der Waals surface area contributed by atoms with Crippen molar-refractivity contribution in [3.8, 4) is 0 Å². The molecule has 2 fully saturated rings. The normalized spacial score (nSPS) is 26.4. The van der Waals surface area contributed by atoms with Crippen LogP contribution in [0.25, 0.3) is 0 Å². The number of nitrogens with zero attached hydrogens (tertiary/aromatic N) is 2. The lowest BCUT2D eigenvalue weighted by Gasteiger charge is -2.22. The van der Waals surface area contributed by atoms with E-state index in [1.54, 1.807) is 0 Å². The van der Waals surface area contributed by atoms with Crippen LogP contribution in [-0.4, -0.2) is 22.9 Å². The van der Waals surface area contributed by atoms with Crippen molar-refractivity contribution in [2.75, 3.05) is 13.1 Å². The highest BCUT2D eigenvalue weighted by atomic mass is 15.3. The Morgan fingerprint density at radius 1 is 1.11 bits per heavy atom. The van der Waals surface area contributed by atoms with E-state index < -0.39 is 0 Å². The van der Waals surface area contributed by atoms with Crippen molar-refractivity contribution in [3.63, 3.8) is 0 Å². The topological polar surface area (TPSA) is 29.9 Å². The van der Waals surface area contributed by atoms with Gasteiger partial charge in [0.2, 0.25) is 0 Å². The Labute approximate surface area is 110 Å². The molecule has 0 bridgehead atoms. The molecule has 1 N–H and O–H groups in total. The molecule has 2 aliphatic rings. The predicted octanol–water partition coefficient (Wildman–Crippen LogP) is 2.93. The van der Waals surface area contributed by atoms with Gasteiger partial charge in [-0.3, -0.25) is 4.68 Å². The Kier molecular flexibility index (Phi) is 3.69. The Morgan fingerprint density at radius 2 is 1.89 bits per heavy atom. The Balaban J connectivity index is 1.76. The minimum Gasteiger partial charge on any atom is -0.316 e. The summed E-state index contributed by atoms with van der Waals surface area (Å²) in [5.41, 5.74) is 2.81. The van der Waals surface area contributed by atoms with Crippen LogP contribution >= 0.6 is 0 Å². The van der Waals surface area contributed by atoms with E-state index in [1.165, 1.54) is 62.9 Å². The van der Waals surface area contributed by atoms with E-state index in [1.807, 2.05) is 0 Å². The number of aromatic nitrogens is 2. The van der Waals surface area contributed by atoms with E-state index >= 15 is 0 Å². The molecule has 3 heteroatoms. The molecule has 1 aliphatic carbocycles. The molecule has 0 spiro atoms. The smallest absolute Gasteiger partial charge is 0.0658 e. The zero-order valence-electron chi connectivity index (χ0n) is 11.5. The van der Waals surface area contributed by atoms with Gasteiger partial charge in [0.25, 0.3) is 0 Å². The summed E-state index contributed by atoms with van der Waals surface area (Å²) in [5.74, 6) is 1.41. The van der Waals surface area contributed by atoms with Crippen molar-refractivity contribution in [1.29, 1.82) is 0 Å². The summed E-state index contributed by atoms with van der Waals surface area (Å²) in [4.78, 5) is 0. The van der Waals surface area contributed by atoms with Crippen LogP contribution in [0.4, 0.5) is 0 Å². The molecule has 0 aromatic carbocycles. The van der Waals surface area contributed by atoms with Gasteiger partial charge in [-0.05, 0) is 38.3 Å². The lowest BCUT2D eigenvalue weighted by atomic mass is 9.86. The second-order valence-corrected chi connectivity index (χ2v) is 6.00. The van der Waals surface area contributed by atoms with Gasteiger partial charge in [-0.1, -0.05) is 19.3 Å². The molecule has 2 heterocycles. The second-order valence-electron chi connectivity index (χ2n) is 6.00. The van der Waals surface area contributed by atoms with Crippen LogP contribution in [0.1, 0.15) is 68.2 Å². The van der Waals surface area contributed by atoms with Crippen molar-refractivity contribution in [2.24, 2.45) is 7.05 Å². The molecule has 1 saturated carbocycles. The summed E-state index contributed by atoms with van der Waals surface area (Å²) in [6.45, 7) is 2.31. The molecular formula is C15H25N3. The van der Waals surface area contributed by atoms with Crippen LogP contribution in [0.2, 0.25) is 0 Å². The highest BCUT2D eigenvalue weighted by Gasteiger charge is 2.23. The fraction of sp³-hybridized carbons (Fsp3) is 0.800. The summed E-state index contributed by atoms with van der Waals surface area (Å²) in [6.07, 6.45) is 9.51. The van der Waals surface area contributed by atoms with Crippen molar-refractivity contribution in [2.45, 2.75) is 56.8 Å². The van der Waals surface area contributed by atoms with E-state index in [-0.39, 0.29) is 0 Å². The molecule has 1 saturated heterocycles. The molecule has 0 amide bonds. The van der Waals surface area contributed by atoms with Gasteiger partial charge in [-0.25, -0.2) is 0 Å². The number of nitrogens with one attached hydrogen (secondary N) is 1. The third-order valence-electron chi connectivity index (χ3n) is 4.67. The van der Waals surface area contributed by atoms with Gasteiger partial charge in [0.1, 0.15) is 0 Å². The Hall–Kier alpha value is -0.830. The first-order chi connectivity index (χ1) is 8.84. The summed E-state index contributed by atoms with van der Waals surface area (Å²) in [7, 11) is 2.12. The van der Waals surface area contributed by atoms with E-state index in [9.17, 15) is 0 Å². The summed E-state index contributed by atoms with van der Waals surface area (Å²) >= 11 is 0. The van der Waals surface area contributed by atoms with Crippen LogP contribution in [0.15, 0.2) is 6.07 Å². The van der Waals surface area contributed by atoms with Crippen LogP contribution in [0, 0.1) is 0 Å². The molecule has 1 aromatic heterocycles. The average Bonchev–Trinajstić information content (AvgIpc) is 2.83. The third kappa shape index (κ3) is 2.46. The van der Waals surface area contributed by atoms with Gasteiger partial charge >= 0.3 is 0 Å². The first kappa shape index (κ1) is 12.2. The van der Waals surface area contributed by atoms with Crippen LogP contribution in [0.3, 0.4) is 0 Å². The number of hydrogen-bond acceptors (Lipinski definition) is 2. The second kappa shape index (κ2) is 5.43. The van der Waals surface area contributed by atoms with Gasteiger partial charge < -0.3 is 5.32 Å². The highest BCUT2D eigenvalue weighted by Crippen LogP contribution is 2.33. The number of hydrogen-bond donors (Lipinski definition) is 1. The predicted molar refractivity (Wildman–Crippen MR) is 73.9 cm³/mol. The molecular weight excluding hydrogens is 222 g/mol. The van der Waals surface area contributed by atoms with E-state index in [0.717, 1.165) is 12.5 Å². The number of aryl methyl sites for hydroxylation is 1. The van der Waals surface area contributed by atoms with E-state index in [4.69, 9.17) is 5.10 Å². The van der Waals surface area contributed by atoms with Crippen molar-refractivity contribution < 1.29 is 0 Å². The summed E-state index contributed by atoms with van der Waals surface area (Å²) < 4.78 is 2.14. The molecule has 3 nitrogen and oxygen atoms in total. The fourth-order valence-corrected chi connectivity index (χ4v) is 3.59. The molecule has 3 rings (SSSR count). The molecule has 100 valence electrons. The van der Waals surface area contributed by atoms with E-state index in [0.29, 0.717) is 5.92 Å². The largest absolute Gasteiger partial charge is 0.316 e. The van der Waals surface area contributed by atoms with Gasteiger partial charge in [0, 0.05) is 31.1 Å². The van der Waals surface area contributed by atoms with Gasteiger partial charge in [-0.15, -0.1) is 0 Å². The molecule has 1 aliphatic heterocycles. The van der Waals surface area contributed by atoms with Gasteiger partial charge in [0.15, 0.2) is 0 Å². The van der Waals surface area contributed by atoms with Crippen molar-refractivity contribution in [1.82, 2.24) is 15.1 Å². The third-order valence-corrected chi connectivity index (χ3v) is 4.67. The lowest BCUT2D eigenvalue weighted by molar-refractivity contribution is 0.431. The van der Waals surface area contributed by atoms with Crippen molar-refractivity contribution in [3.05, 3.63) is 17.5 Å². The zero-order chi connectivity index (χ0) is 12.4. The average molecular weight is 247 g/mol. The van der Waals surface area contributed by atoms with Gasteiger partial charge in [-0.2, -0.15) is 5.10 Å². The maximum absolute atomic E-state index is 4.80. The molecule has 1 unspecified atom stereocenters. The first-order valence-electron chi connectivity index (χ1n) is 7.59. The SMILES string of the molecule is Cn1nc(C2CCCCC2)cc1C1CCCNC1. The first-order valence-corrected chi connectivity index (χ1v) is 7.59. The van der Waals surface area contributed by atoms with E-state index in [2.05, 4.69) is 23.1 Å². The molecule has 0 radical (unpaired) electrons. The minimum atomic E-state index is 0.675. The quantitative estimate of drug-likeness (QED) is 0.871. The highest BCUT2D eigenvalue weighted by molar-refractivity contribution is 5.19. The monoisotopic (exact) mass is 247 g/mol. The van der Waals surface area contributed by atoms with Gasteiger partial charge in [0.05, 0.1) is 5.69 Å². The molecule has 18 heavy (non-hydrogen) atoms. The lowest BCUT2D eigenvalue weighted by Crippen LogP contribution is -2.29. The molecule has 1 aromatic rings. The summed E-state index contributed by atoms with van der Waals surface area (Å²) in [6, 6.07) is 2.40. The van der Waals surface area contributed by atoms with Crippen LogP contribution in [0.5, 0.6) is 0 Å². The minimum absolute atomic E-state index is 0.675.